The van der Waals surface area contributed by atoms with Gasteiger partial charge in [0.1, 0.15) is 0 Å². The van der Waals surface area contributed by atoms with E-state index in [1.165, 1.54) is 6.07 Å². The first-order chi connectivity index (χ1) is 7.04. The van der Waals surface area contributed by atoms with Gasteiger partial charge in [0.2, 0.25) is 0 Å². The van der Waals surface area contributed by atoms with Gasteiger partial charge in [-0.15, -0.1) is 0 Å². The molecule has 0 heterocycles. The van der Waals surface area contributed by atoms with Gasteiger partial charge in [-0.3, -0.25) is 0 Å². The van der Waals surface area contributed by atoms with E-state index in [1.54, 1.807) is 12.1 Å². The van der Waals surface area contributed by atoms with Crippen LogP contribution in [0, 0.1) is 5.82 Å². The van der Waals surface area contributed by atoms with Gasteiger partial charge in [0, 0.05) is 6.04 Å². The summed E-state index contributed by atoms with van der Waals surface area (Å²) in [5.74, 6) is -0.0427. The lowest BCUT2D eigenvalue weighted by Gasteiger charge is -2.14. The lowest BCUT2D eigenvalue weighted by molar-refractivity contribution is 0.207. The SMILES string of the molecule is CCC(C)Oc1ccc(C(C)N)cc1F. The number of benzene rings is 1. The van der Waals surface area contributed by atoms with Gasteiger partial charge >= 0.3 is 0 Å². The molecule has 2 unspecified atom stereocenters. The predicted molar refractivity (Wildman–Crippen MR) is 59.4 cm³/mol. The average Bonchev–Trinajstić information content (AvgIpc) is 2.20. The van der Waals surface area contributed by atoms with E-state index in [0.717, 1.165) is 12.0 Å². The molecule has 0 radical (unpaired) electrons. The molecule has 0 fully saturated rings. The van der Waals surface area contributed by atoms with Gasteiger partial charge in [0.05, 0.1) is 6.10 Å². The summed E-state index contributed by atoms with van der Waals surface area (Å²) >= 11 is 0. The Labute approximate surface area is 90.2 Å². The molecule has 0 spiro atoms. The third kappa shape index (κ3) is 3.20. The summed E-state index contributed by atoms with van der Waals surface area (Å²) in [5.41, 5.74) is 6.43. The van der Waals surface area contributed by atoms with Crippen molar-refractivity contribution in [1.82, 2.24) is 0 Å². The highest BCUT2D eigenvalue weighted by molar-refractivity contribution is 5.30. The molecular formula is C12H18FNO. The van der Waals surface area contributed by atoms with Gasteiger partial charge in [-0.2, -0.15) is 0 Å². The first-order valence-electron chi connectivity index (χ1n) is 5.26. The molecule has 84 valence electrons. The molecule has 0 aliphatic rings. The van der Waals surface area contributed by atoms with E-state index in [0.29, 0.717) is 5.75 Å². The standard InChI is InChI=1S/C12H18FNO/c1-4-8(2)15-12-6-5-10(9(3)14)7-11(12)13/h5-9H,4,14H2,1-3H3. The average molecular weight is 211 g/mol. The first kappa shape index (κ1) is 12.0. The Morgan fingerprint density at radius 3 is 2.53 bits per heavy atom. The largest absolute Gasteiger partial charge is 0.488 e. The molecule has 2 atom stereocenters. The normalized spacial score (nSPS) is 14.7. The smallest absolute Gasteiger partial charge is 0.165 e. The van der Waals surface area contributed by atoms with E-state index < -0.39 is 0 Å². The van der Waals surface area contributed by atoms with Gasteiger partial charge in [-0.25, -0.2) is 4.39 Å². The maximum atomic E-state index is 13.5. The molecule has 0 aliphatic heterocycles. The topological polar surface area (TPSA) is 35.2 Å². The van der Waals surface area contributed by atoms with E-state index in [9.17, 15) is 4.39 Å². The van der Waals surface area contributed by atoms with Crippen molar-refractivity contribution in [3.63, 3.8) is 0 Å². The summed E-state index contributed by atoms with van der Waals surface area (Å²) in [6.07, 6.45) is 0.884. The van der Waals surface area contributed by atoms with E-state index in [2.05, 4.69) is 0 Å². The number of nitrogens with two attached hydrogens (primary N) is 1. The van der Waals surface area contributed by atoms with E-state index >= 15 is 0 Å². The third-order valence-corrected chi connectivity index (χ3v) is 2.38. The molecule has 1 aromatic carbocycles. The molecule has 0 saturated heterocycles. The molecule has 0 aromatic heterocycles. The van der Waals surface area contributed by atoms with Crippen LogP contribution in [0.4, 0.5) is 4.39 Å². The molecule has 1 aromatic rings. The number of hydrogen-bond acceptors (Lipinski definition) is 2. The summed E-state index contributed by atoms with van der Waals surface area (Å²) in [5, 5.41) is 0. The molecule has 1 rings (SSSR count). The van der Waals surface area contributed by atoms with Crippen LogP contribution in [0.25, 0.3) is 0 Å². The molecule has 3 heteroatoms. The fraction of sp³-hybridized carbons (Fsp3) is 0.500. The zero-order valence-electron chi connectivity index (χ0n) is 9.46. The Morgan fingerprint density at radius 2 is 2.07 bits per heavy atom. The zero-order valence-corrected chi connectivity index (χ0v) is 9.46. The molecule has 15 heavy (non-hydrogen) atoms. The van der Waals surface area contributed by atoms with Crippen LogP contribution in [0.5, 0.6) is 5.75 Å². The number of hydrogen-bond donors (Lipinski definition) is 1. The van der Waals surface area contributed by atoms with E-state index in [-0.39, 0.29) is 18.0 Å². The van der Waals surface area contributed by atoms with Gasteiger partial charge in [0.15, 0.2) is 11.6 Å². The summed E-state index contributed by atoms with van der Waals surface area (Å²) in [6.45, 7) is 5.74. The van der Waals surface area contributed by atoms with Crippen molar-refractivity contribution < 1.29 is 9.13 Å². The number of halogens is 1. The van der Waals surface area contributed by atoms with Crippen molar-refractivity contribution in [3.8, 4) is 5.75 Å². The number of rotatable bonds is 4. The van der Waals surface area contributed by atoms with Crippen LogP contribution in [0.1, 0.15) is 38.8 Å². The molecule has 0 aliphatic carbocycles. The van der Waals surface area contributed by atoms with E-state index in [4.69, 9.17) is 10.5 Å². The third-order valence-electron chi connectivity index (χ3n) is 2.38. The van der Waals surface area contributed by atoms with Crippen LogP contribution in [-0.4, -0.2) is 6.10 Å². The fourth-order valence-corrected chi connectivity index (χ4v) is 1.20. The highest BCUT2D eigenvalue weighted by Gasteiger charge is 2.09. The van der Waals surface area contributed by atoms with Gasteiger partial charge < -0.3 is 10.5 Å². The van der Waals surface area contributed by atoms with Crippen molar-refractivity contribution in [1.29, 1.82) is 0 Å². The Hall–Kier alpha value is -1.09. The van der Waals surface area contributed by atoms with Crippen LogP contribution in [0.3, 0.4) is 0 Å². The van der Waals surface area contributed by atoms with Crippen molar-refractivity contribution in [2.45, 2.75) is 39.3 Å². The summed E-state index contributed by atoms with van der Waals surface area (Å²) in [4.78, 5) is 0. The van der Waals surface area contributed by atoms with Crippen LogP contribution < -0.4 is 10.5 Å². The molecule has 2 nitrogen and oxygen atoms in total. The fourth-order valence-electron chi connectivity index (χ4n) is 1.20. The van der Waals surface area contributed by atoms with Crippen molar-refractivity contribution in [2.75, 3.05) is 0 Å². The van der Waals surface area contributed by atoms with Crippen LogP contribution in [-0.2, 0) is 0 Å². The maximum Gasteiger partial charge on any atom is 0.165 e. The molecule has 0 bridgehead atoms. The lowest BCUT2D eigenvalue weighted by atomic mass is 10.1. The van der Waals surface area contributed by atoms with Crippen LogP contribution >= 0.6 is 0 Å². The van der Waals surface area contributed by atoms with Crippen molar-refractivity contribution >= 4 is 0 Å². The highest BCUT2D eigenvalue weighted by Crippen LogP contribution is 2.22. The van der Waals surface area contributed by atoms with Gasteiger partial charge in [-0.05, 0) is 38.0 Å². The second-order valence-electron chi connectivity index (χ2n) is 3.82. The predicted octanol–water partition coefficient (Wildman–Crippen LogP) is 3.02. The minimum atomic E-state index is -0.342. The highest BCUT2D eigenvalue weighted by atomic mass is 19.1. The van der Waals surface area contributed by atoms with Gasteiger partial charge in [-0.1, -0.05) is 13.0 Å². The summed E-state index contributed by atoms with van der Waals surface area (Å²) < 4.78 is 18.9. The minimum absolute atomic E-state index is 0.0284. The Morgan fingerprint density at radius 1 is 1.40 bits per heavy atom. The summed E-state index contributed by atoms with van der Waals surface area (Å²) in [6, 6.07) is 4.71. The zero-order chi connectivity index (χ0) is 11.4. The van der Waals surface area contributed by atoms with Crippen molar-refractivity contribution in [3.05, 3.63) is 29.6 Å². The molecule has 0 saturated carbocycles. The quantitative estimate of drug-likeness (QED) is 0.830. The van der Waals surface area contributed by atoms with E-state index in [1.807, 2.05) is 20.8 Å². The Kier molecular flexibility index (Phi) is 4.09. The second-order valence-corrected chi connectivity index (χ2v) is 3.82. The Bertz CT molecular complexity index is 325. The lowest BCUT2D eigenvalue weighted by Crippen LogP contribution is -2.11. The molecular weight excluding hydrogens is 193 g/mol. The van der Waals surface area contributed by atoms with Crippen LogP contribution in [0.2, 0.25) is 0 Å². The summed E-state index contributed by atoms with van der Waals surface area (Å²) in [7, 11) is 0. The van der Waals surface area contributed by atoms with Gasteiger partial charge in [0.25, 0.3) is 0 Å². The second kappa shape index (κ2) is 5.12. The first-order valence-corrected chi connectivity index (χ1v) is 5.26. The Balaban J connectivity index is 2.83. The monoisotopic (exact) mass is 211 g/mol. The minimum Gasteiger partial charge on any atom is -0.488 e. The molecule has 2 N–H and O–H groups in total. The van der Waals surface area contributed by atoms with Crippen LogP contribution in [0.15, 0.2) is 18.2 Å². The maximum absolute atomic E-state index is 13.5. The van der Waals surface area contributed by atoms with Crippen molar-refractivity contribution in [2.24, 2.45) is 5.73 Å². The number of ether oxygens (including phenoxy) is 1. The molecule has 0 amide bonds.